The number of esters is 4. The normalized spacial score (nSPS) is 26.6. The topological polar surface area (TPSA) is 207 Å². The van der Waals surface area contributed by atoms with Crippen molar-refractivity contribution in [2.24, 2.45) is 0 Å². The monoisotopic (exact) mass is 1330 g/mol. The van der Waals surface area contributed by atoms with Crippen LogP contribution < -0.4 is 0 Å². The summed E-state index contributed by atoms with van der Waals surface area (Å²) >= 11 is 0. The molecule has 4 fully saturated rings. The van der Waals surface area contributed by atoms with Gasteiger partial charge in [0.25, 0.3) is 0 Å². The van der Waals surface area contributed by atoms with Crippen LogP contribution >= 0.6 is 0 Å². The van der Waals surface area contributed by atoms with Crippen molar-refractivity contribution >= 4 is 23.9 Å². The molecular weight excluding hydrogens is 1240 g/mol. The van der Waals surface area contributed by atoms with E-state index >= 15 is 4.79 Å². The molecule has 4 saturated heterocycles. The van der Waals surface area contributed by atoms with Crippen molar-refractivity contribution in [1.29, 1.82) is 0 Å². The number of hydrogen-bond donors (Lipinski definition) is 0. The number of hydrogen-bond acceptors (Lipinski definition) is 19. The zero-order valence-corrected chi connectivity index (χ0v) is 55.1. The van der Waals surface area contributed by atoms with Crippen LogP contribution in [0.5, 0.6) is 0 Å². The van der Waals surface area contributed by atoms with Crippen LogP contribution in [0.2, 0.25) is 0 Å². The summed E-state index contributed by atoms with van der Waals surface area (Å²) in [7, 11) is 0. The molecule has 512 valence electrons. The SMILES string of the molecule is CCCCCCCCO[C@@H]1O[C@H](COC(=O)c2ccccc2)[C@@H](O[C@@H]2O[C@H](COC(=O)c3ccccc3)[C@@H]3OC(C)(C)O[C@@H]3[C@H]2OC(=O)c2ccccc2)[C@H](O[C@@H]2O[C@@H](C)[C@@H](OCc3ccccc3)[C@@H](OCc3ccccc3)[C@@H]2OCc2ccccc2)[C@H]1OC(=O)c1ccccc1. The van der Waals surface area contributed by atoms with Gasteiger partial charge in [0.2, 0.25) is 0 Å². The Balaban J connectivity index is 1.05. The van der Waals surface area contributed by atoms with Crippen LogP contribution in [0.4, 0.5) is 0 Å². The molecule has 0 aromatic heterocycles. The molecule has 0 saturated carbocycles. The molecule has 19 heteroatoms. The highest BCUT2D eigenvalue weighted by Gasteiger charge is 2.61. The van der Waals surface area contributed by atoms with Crippen LogP contribution in [0, 0.1) is 0 Å². The summed E-state index contributed by atoms with van der Waals surface area (Å²) in [6.45, 7) is 6.99. The Labute approximate surface area is 566 Å². The van der Waals surface area contributed by atoms with E-state index < -0.39 is 135 Å². The summed E-state index contributed by atoms with van der Waals surface area (Å²) in [5, 5.41) is 0. The van der Waals surface area contributed by atoms with Gasteiger partial charge in [-0.25, -0.2) is 19.2 Å². The van der Waals surface area contributed by atoms with Crippen LogP contribution in [0.15, 0.2) is 212 Å². The summed E-state index contributed by atoms with van der Waals surface area (Å²) in [6, 6.07) is 62.8. The van der Waals surface area contributed by atoms with Gasteiger partial charge in [-0.15, -0.1) is 0 Å². The molecule has 7 aromatic rings. The second kappa shape index (κ2) is 35.0. The molecule has 0 unspecified atom stereocenters. The zero-order chi connectivity index (χ0) is 67.4. The van der Waals surface area contributed by atoms with E-state index in [2.05, 4.69) is 6.92 Å². The number of unbranched alkanes of at least 4 members (excludes halogenated alkanes) is 5. The van der Waals surface area contributed by atoms with Gasteiger partial charge in [0.05, 0.1) is 48.2 Å². The first-order valence-corrected chi connectivity index (χ1v) is 33.6. The maximum Gasteiger partial charge on any atom is 0.338 e. The van der Waals surface area contributed by atoms with Crippen molar-refractivity contribution < 1.29 is 90.2 Å². The van der Waals surface area contributed by atoms with Crippen LogP contribution in [-0.4, -0.2) is 142 Å². The zero-order valence-electron chi connectivity index (χ0n) is 55.1. The lowest BCUT2D eigenvalue weighted by Gasteiger charge is -2.51. The van der Waals surface area contributed by atoms with Gasteiger partial charge in [0, 0.05) is 6.61 Å². The lowest BCUT2D eigenvalue weighted by Crippen LogP contribution is -2.68. The lowest BCUT2D eigenvalue weighted by atomic mass is 9.95. The summed E-state index contributed by atoms with van der Waals surface area (Å²) in [5.41, 5.74) is 3.51. The minimum atomic E-state index is -1.70. The Bertz CT molecular complexity index is 3520. The molecule has 15 atom stereocenters. The number of benzene rings is 7. The molecule has 0 radical (unpaired) electrons. The molecule has 4 aliphatic rings. The fraction of sp³-hybridized carbons (Fsp3) is 0.410. The van der Waals surface area contributed by atoms with Crippen molar-refractivity contribution in [2.75, 3.05) is 19.8 Å². The van der Waals surface area contributed by atoms with Gasteiger partial charge in [-0.05, 0) is 92.4 Å². The number of carbonyl (C=O) groups is 4. The summed E-state index contributed by atoms with van der Waals surface area (Å²) in [5.74, 6) is -4.21. The molecule has 4 aliphatic heterocycles. The van der Waals surface area contributed by atoms with E-state index in [1.807, 2.05) is 97.9 Å². The predicted octanol–water partition coefficient (Wildman–Crippen LogP) is 12.8. The fourth-order valence-corrected chi connectivity index (χ4v) is 12.3. The highest BCUT2D eigenvalue weighted by Crippen LogP contribution is 2.43. The van der Waals surface area contributed by atoms with Gasteiger partial charge < -0.3 is 71.1 Å². The fourth-order valence-electron chi connectivity index (χ4n) is 12.3. The maximum absolute atomic E-state index is 15.0. The van der Waals surface area contributed by atoms with Crippen molar-refractivity contribution in [1.82, 2.24) is 0 Å². The van der Waals surface area contributed by atoms with Crippen LogP contribution in [-0.2, 0) is 90.9 Å². The molecule has 0 N–H and O–H groups in total. The van der Waals surface area contributed by atoms with Gasteiger partial charge in [0.1, 0.15) is 68.1 Å². The standard InChI is InChI=1S/C78H86O19/c1-5-6-7-8-9-31-46-83-75-69(92-73(81)58-42-27-15-28-43-58)66(95-76-68(86-49-55-36-21-12-22-37-55)65(85-48-54-34-19-11-20-35-54)62(52(2)89-76)84-47-53-32-17-10-18-33-53)63(60(90-75)50-87-71(79)56-38-23-13-24-39-56)94-77-70(93-74(82)59-44-29-16-30-45-59)67-64(96-78(3,4)97-67)61(91-77)51-88-72(80)57-40-25-14-26-41-57/h10-30,32-45,52,60-70,75-77H,5-9,31,46-51H2,1-4H3/t52-,60+,61+,62+,63+,64-,65+,66-,67-,68-,69+,70+,75+,76-,77-/m0/s1. The Morgan fingerprint density at radius 2 is 0.763 bits per heavy atom. The van der Waals surface area contributed by atoms with Crippen molar-refractivity contribution in [3.8, 4) is 0 Å². The first kappa shape index (κ1) is 70.3. The third-order valence-corrected chi connectivity index (χ3v) is 17.2. The third kappa shape index (κ3) is 19.2. The molecule has 11 rings (SSSR count). The van der Waals surface area contributed by atoms with Crippen LogP contribution in [0.1, 0.15) is 124 Å². The van der Waals surface area contributed by atoms with E-state index in [0.717, 1.165) is 48.8 Å². The van der Waals surface area contributed by atoms with E-state index in [-0.39, 0.29) is 48.7 Å². The van der Waals surface area contributed by atoms with Gasteiger partial charge in [-0.3, -0.25) is 0 Å². The first-order chi connectivity index (χ1) is 47.4. The Kier molecular flexibility index (Phi) is 25.3. The van der Waals surface area contributed by atoms with E-state index in [1.54, 1.807) is 135 Å². The quantitative estimate of drug-likeness (QED) is 0.0225. The number of ether oxygens (including phenoxy) is 15. The minimum absolute atomic E-state index is 0.0451. The van der Waals surface area contributed by atoms with Gasteiger partial charge >= 0.3 is 23.9 Å². The van der Waals surface area contributed by atoms with Gasteiger partial charge in [-0.2, -0.15) is 0 Å². The molecule has 0 bridgehead atoms. The van der Waals surface area contributed by atoms with E-state index in [9.17, 15) is 14.4 Å². The Hall–Kier alpha value is -8.02. The average Bonchev–Trinajstić information content (AvgIpc) is 1.74. The second-order valence-electron chi connectivity index (χ2n) is 24.9. The largest absolute Gasteiger partial charge is 0.459 e. The van der Waals surface area contributed by atoms with Crippen LogP contribution in [0.3, 0.4) is 0 Å². The van der Waals surface area contributed by atoms with Gasteiger partial charge in [-0.1, -0.05) is 203 Å². The molecule has 7 aromatic carbocycles. The number of rotatable bonds is 31. The average molecular weight is 1330 g/mol. The summed E-state index contributed by atoms with van der Waals surface area (Å²) < 4.78 is 103. The van der Waals surface area contributed by atoms with Gasteiger partial charge in [0.15, 0.2) is 36.9 Å². The predicted molar refractivity (Wildman–Crippen MR) is 354 cm³/mol. The minimum Gasteiger partial charge on any atom is -0.459 e. The second-order valence-corrected chi connectivity index (χ2v) is 24.9. The Morgan fingerprint density at radius 1 is 0.371 bits per heavy atom. The maximum atomic E-state index is 15.0. The van der Waals surface area contributed by atoms with E-state index in [4.69, 9.17) is 71.1 Å². The van der Waals surface area contributed by atoms with Crippen molar-refractivity contribution in [2.45, 2.75) is 184 Å². The summed E-state index contributed by atoms with van der Waals surface area (Å²) in [6.07, 6.45) is -13.6. The number of carbonyl (C=O) groups excluding carboxylic acids is 4. The molecule has 97 heavy (non-hydrogen) atoms. The number of fused-ring (bicyclic) bond motifs is 1. The van der Waals surface area contributed by atoms with Crippen LogP contribution in [0.25, 0.3) is 0 Å². The molecule has 0 amide bonds. The molecule has 0 spiro atoms. The molecule has 19 nitrogen and oxygen atoms in total. The first-order valence-electron chi connectivity index (χ1n) is 33.6. The summed E-state index contributed by atoms with van der Waals surface area (Å²) in [4.78, 5) is 57.8. The molecule has 4 heterocycles. The third-order valence-electron chi connectivity index (χ3n) is 17.2. The highest BCUT2D eigenvalue weighted by molar-refractivity contribution is 5.91. The van der Waals surface area contributed by atoms with Crippen molar-refractivity contribution in [3.63, 3.8) is 0 Å². The van der Waals surface area contributed by atoms with E-state index in [1.165, 1.54) is 0 Å². The smallest absolute Gasteiger partial charge is 0.338 e. The van der Waals surface area contributed by atoms with E-state index in [0.29, 0.717) is 6.42 Å². The highest BCUT2D eigenvalue weighted by atomic mass is 16.8. The molecule has 0 aliphatic carbocycles. The lowest BCUT2D eigenvalue weighted by molar-refractivity contribution is -0.387. The molecular formula is C78H86O19. The Morgan fingerprint density at radius 3 is 1.27 bits per heavy atom. The van der Waals surface area contributed by atoms with Crippen molar-refractivity contribution in [3.05, 3.63) is 251 Å².